The minimum atomic E-state index is -1.74. The van der Waals surface area contributed by atoms with Crippen molar-refractivity contribution in [3.05, 3.63) is 58.8 Å². The number of aromatic amines is 1. The summed E-state index contributed by atoms with van der Waals surface area (Å²) < 4.78 is 39.8. The van der Waals surface area contributed by atoms with Crippen LogP contribution in [0.15, 0.2) is 24.5 Å². The van der Waals surface area contributed by atoms with Crippen LogP contribution in [0.2, 0.25) is 0 Å². The highest BCUT2D eigenvalue weighted by molar-refractivity contribution is 5.95. The van der Waals surface area contributed by atoms with E-state index in [2.05, 4.69) is 9.97 Å². The molecule has 0 bridgehead atoms. The number of pyridine rings is 1. The Morgan fingerprint density at radius 3 is 2.54 bits per heavy atom. The van der Waals surface area contributed by atoms with Crippen molar-refractivity contribution in [2.24, 2.45) is 0 Å². The smallest absolute Gasteiger partial charge is 0.293 e. The highest BCUT2D eigenvalue weighted by Crippen LogP contribution is 2.30. The summed E-state index contributed by atoms with van der Waals surface area (Å²) in [5.41, 5.74) is 2.28. The molecule has 1 aromatic carbocycles. The number of hydroxylamine groups is 1. The second kappa shape index (κ2) is 7.87. The SMILES string of the molecule is CC.O=C(NO)c1cc2[nH]cc(Cc3cc(F)c(F)c(F)c3O)c2cn1. The van der Waals surface area contributed by atoms with Crippen molar-refractivity contribution in [1.29, 1.82) is 0 Å². The fraction of sp³-hybridized carbons (Fsp3) is 0.176. The van der Waals surface area contributed by atoms with Gasteiger partial charge in [0, 0.05) is 35.3 Å². The highest BCUT2D eigenvalue weighted by Gasteiger charge is 2.19. The molecule has 6 nitrogen and oxygen atoms in total. The van der Waals surface area contributed by atoms with Gasteiger partial charge < -0.3 is 10.1 Å². The van der Waals surface area contributed by atoms with Gasteiger partial charge in [-0.2, -0.15) is 4.39 Å². The lowest BCUT2D eigenvalue weighted by Crippen LogP contribution is -2.19. The first-order valence-electron chi connectivity index (χ1n) is 7.68. The molecule has 3 aromatic rings. The van der Waals surface area contributed by atoms with Crippen LogP contribution in [-0.4, -0.2) is 26.2 Å². The molecule has 0 atom stereocenters. The van der Waals surface area contributed by atoms with E-state index < -0.39 is 29.1 Å². The maximum absolute atomic E-state index is 13.4. The molecule has 1 amide bonds. The Bertz CT molecular complexity index is 957. The average molecular weight is 367 g/mol. The number of aromatic nitrogens is 2. The van der Waals surface area contributed by atoms with Crippen molar-refractivity contribution in [3.8, 4) is 5.75 Å². The highest BCUT2D eigenvalue weighted by atomic mass is 19.2. The maximum atomic E-state index is 13.4. The first-order chi connectivity index (χ1) is 12.4. The van der Waals surface area contributed by atoms with Crippen molar-refractivity contribution in [2.45, 2.75) is 20.3 Å². The lowest BCUT2D eigenvalue weighted by molar-refractivity contribution is 0.0701. The van der Waals surface area contributed by atoms with E-state index in [1.54, 1.807) is 0 Å². The van der Waals surface area contributed by atoms with Gasteiger partial charge in [0.05, 0.1) is 0 Å². The Morgan fingerprint density at radius 1 is 1.19 bits per heavy atom. The number of H-pyrrole nitrogens is 1. The predicted octanol–water partition coefficient (Wildman–Crippen LogP) is 3.42. The number of benzene rings is 1. The minimum absolute atomic E-state index is 0.0416. The standard InChI is InChI=1S/C15H10F3N3O3.C2H6/c16-9-2-6(14(22)13(18)12(9)17)1-7-4-19-10-3-11(15(23)21-24)20-5-8(7)10;1-2/h2-5,19,22,24H,1H2,(H,21,23);1-2H3. The zero-order chi connectivity index (χ0) is 19.4. The molecular weight excluding hydrogens is 351 g/mol. The molecular formula is C17H16F3N3O3. The van der Waals surface area contributed by atoms with Gasteiger partial charge in [-0.1, -0.05) is 13.8 Å². The van der Waals surface area contributed by atoms with Crippen molar-refractivity contribution in [1.82, 2.24) is 15.4 Å². The molecule has 0 radical (unpaired) electrons. The van der Waals surface area contributed by atoms with Crippen LogP contribution in [-0.2, 0) is 6.42 Å². The van der Waals surface area contributed by atoms with Crippen LogP contribution in [0, 0.1) is 17.5 Å². The molecule has 0 aliphatic rings. The van der Waals surface area contributed by atoms with Crippen molar-refractivity contribution in [3.63, 3.8) is 0 Å². The molecule has 9 heteroatoms. The Balaban J connectivity index is 0.00000117. The number of hydrogen-bond acceptors (Lipinski definition) is 4. The Morgan fingerprint density at radius 2 is 1.88 bits per heavy atom. The van der Waals surface area contributed by atoms with Gasteiger partial charge in [0.15, 0.2) is 17.4 Å². The summed E-state index contributed by atoms with van der Waals surface area (Å²) in [6.45, 7) is 4.00. The van der Waals surface area contributed by atoms with Crippen LogP contribution in [0.1, 0.15) is 35.5 Å². The summed E-state index contributed by atoms with van der Waals surface area (Å²) in [6.07, 6.45) is 2.75. The summed E-state index contributed by atoms with van der Waals surface area (Å²) in [6, 6.07) is 2.09. The van der Waals surface area contributed by atoms with Crippen molar-refractivity contribution >= 4 is 16.8 Å². The first-order valence-corrected chi connectivity index (χ1v) is 7.68. The van der Waals surface area contributed by atoms with Gasteiger partial charge in [-0.3, -0.25) is 15.0 Å². The van der Waals surface area contributed by atoms with Crippen LogP contribution < -0.4 is 5.48 Å². The minimum Gasteiger partial charge on any atom is -0.505 e. The fourth-order valence-corrected chi connectivity index (χ4v) is 2.38. The number of phenols is 1. The number of halogens is 3. The molecule has 0 spiro atoms. The van der Waals surface area contributed by atoms with Gasteiger partial charge >= 0.3 is 0 Å². The third-order valence-electron chi connectivity index (χ3n) is 3.58. The van der Waals surface area contributed by atoms with Gasteiger partial charge in [-0.25, -0.2) is 14.3 Å². The third kappa shape index (κ3) is 3.47. The summed E-state index contributed by atoms with van der Waals surface area (Å²) in [7, 11) is 0. The third-order valence-corrected chi connectivity index (χ3v) is 3.58. The van der Waals surface area contributed by atoms with Gasteiger partial charge in [0.25, 0.3) is 5.91 Å². The number of rotatable bonds is 3. The zero-order valence-corrected chi connectivity index (χ0v) is 13.9. The van der Waals surface area contributed by atoms with Gasteiger partial charge in [-0.15, -0.1) is 0 Å². The van der Waals surface area contributed by atoms with E-state index in [-0.39, 0.29) is 17.7 Å². The van der Waals surface area contributed by atoms with E-state index in [1.807, 2.05) is 13.8 Å². The molecule has 2 aromatic heterocycles. The van der Waals surface area contributed by atoms with Crippen LogP contribution in [0.25, 0.3) is 10.9 Å². The molecule has 138 valence electrons. The normalized spacial score (nSPS) is 10.4. The number of fused-ring (bicyclic) bond motifs is 1. The van der Waals surface area contributed by atoms with Gasteiger partial charge in [-0.05, 0) is 17.7 Å². The van der Waals surface area contributed by atoms with Crippen LogP contribution >= 0.6 is 0 Å². The Kier molecular flexibility index (Phi) is 5.83. The number of carbonyl (C=O) groups is 1. The summed E-state index contributed by atoms with van der Waals surface area (Å²) >= 11 is 0. The van der Waals surface area contributed by atoms with E-state index in [0.29, 0.717) is 22.5 Å². The lowest BCUT2D eigenvalue weighted by atomic mass is 10.0. The molecule has 3 rings (SSSR count). The number of nitrogens with one attached hydrogen (secondary N) is 2. The fourth-order valence-electron chi connectivity index (χ4n) is 2.38. The van der Waals surface area contributed by atoms with E-state index >= 15 is 0 Å². The Hall–Kier alpha value is -3.07. The monoisotopic (exact) mass is 367 g/mol. The van der Waals surface area contributed by atoms with E-state index in [9.17, 15) is 23.1 Å². The zero-order valence-electron chi connectivity index (χ0n) is 13.9. The van der Waals surface area contributed by atoms with E-state index in [4.69, 9.17) is 5.21 Å². The Labute approximate surface area is 146 Å². The van der Waals surface area contributed by atoms with Gasteiger partial charge in [0.2, 0.25) is 5.82 Å². The number of hydrogen-bond donors (Lipinski definition) is 4. The number of carbonyl (C=O) groups excluding carboxylic acids is 1. The molecule has 0 fully saturated rings. The van der Waals surface area contributed by atoms with Crippen LogP contribution in [0.3, 0.4) is 0 Å². The molecule has 0 aliphatic carbocycles. The van der Waals surface area contributed by atoms with Crippen LogP contribution in [0.5, 0.6) is 5.75 Å². The van der Waals surface area contributed by atoms with E-state index in [0.717, 1.165) is 0 Å². The maximum Gasteiger partial charge on any atom is 0.293 e. The second-order valence-corrected chi connectivity index (χ2v) is 5.04. The lowest BCUT2D eigenvalue weighted by Gasteiger charge is -2.07. The largest absolute Gasteiger partial charge is 0.505 e. The molecule has 0 saturated heterocycles. The number of aromatic hydroxyl groups is 1. The number of nitrogens with zero attached hydrogens (tertiary/aromatic N) is 1. The average Bonchev–Trinajstić information content (AvgIpc) is 3.07. The number of amides is 1. The van der Waals surface area contributed by atoms with Crippen molar-refractivity contribution in [2.75, 3.05) is 0 Å². The van der Waals surface area contributed by atoms with Gasteiger partial charge in [0.1, 0.15) is 5.69 Å². The van der Waals surface area contributed by atoms with Crippen LogP contribution in [0.4, 0.5) is 13.2 Å². The summed E-state index contributed by atoms with van der Waals surface area (Å²) in [4.78, 5) is 18.0. The summed E-state index contributed by atoms with van der Waals surface area (Å²) in [5.74, 6) is -6.55. The molecule has 0 aliphatic heterocycles. The van der Waals surface area contributed by atoms with Crippen molar-refractivity contribution < 1.29 is 28.3 Å². The molecule has 4 N–H and O–H groups in total. The molecule has 0 unspecified atom stereocenters. The number of phenolic OH excluding ortho intramolecular Hbond substituents is 1. The first kappa shape index (κ1) is 19.3. The van der Waals surface area contributed by atoms with E-state index in [1.165, 1.54) is 23.9 Å². The molecule has 2 heterocycles. The quantitative estimate of drug-likeness (QED) is 0.324. The summed E-state index contributed by atoms with van der Waals surface area (Å²) in [5, 5.41) is 18.8. The molecule has 0 saturated carbocycles. The molecule has 26 heavy (non-hydrogen) atoms. The predicted molar refractivity (Wildman–Crippen MR) is 87.5 cm³/mol. The topological polar surface area (TPSA) is 98.2 Å². The second-order valence-electron chi connectivity index (χ2n) is 5.04.